The molecule has 0 radical (unpaired) electrons. The molecule has 2 aromatic rings. The lowest BCUT2D eigenvalue weighted by atomic mass is 9.60. The summed E-state index contributed by atoms with van der Waals surface area (Å²) in [6.45, 7) is 0. The van der Waals surface area contributed by atoms with Crippen molar-refractivity contribution in [2.45, 2.75) is 18.3 Å². The van der Waals surface area contributed by atoms with Crippen LogP contribution in [0.3, 0.4) is 0 Å². The predicted molar refractivity (Wildman–Crippen MR) is 72.5 cm³/mol. The Kier molecular flexibility index (Phi) is 2.97. The van der Waals surface area contributed by atoms with Crippen molar-refractivity contribution in [2.75, 3.05) is 0 Å². The summed E-state index contributed by atoms with van der Waals surface area (Å²) in [7, 11) is 0. The van der Waals surface area contributed by atoms with Gasteiger partial charge in [-0.25, -0.2) is 0 Å². The van der Waals surface area contributed by atoms with Gasteiger partial charge < -0.3 is 4.79 Å². The maximum Gasteiger partial charge on any atom is 0.123 e. The van der Waals surface area contributed by atoms with E-state index in [-0.39, 0.29) is 5.92 Å². The van der Waals surface area contributed by atoms with E-state index in [0.29, 0.717) is 11.8 Å². The van der Waals surface area contributed by atoms with Gasteiger partial charge in [0.05, 0.1) is 0 Å². The first-order chi connectivity index (χ1) is 8.90. The molecule has 90 valence electrons. The van der Waals surface area contributed by atoms with Gasteiger partial charge in [0.25, 0.3) is 0 Å². The van der Waals surface area contributed by atoms with Crippen LogP contribution in [0.15, 0.2) is 60.7 Å². The number of aldehydes is 1. The molecule has 1 aliphatic rings. The van der Waals surface area contributed by atoms with E-state index in [1.165, 1.54) is 11.1 Å². The largest absolute Gasteiger partial charge is 0.303 e. The number of rotatable bonds is 3. The van der Waals surface area contributed by atoms with Crippen molar-refractivity contribution in [1.29, 1.82) is 0 Å². The first kappa shape index (κ1) is 11.2. The first-order valence-corrected chi connectivity index (χ1v) is 6.45. The minimum atomic E-state index is 0.178. The fraction of sp³-hybridized carbons (Fsp3) is 0.235. The van der Waals surface area contributed by atoms with Crippen molar-refractivity contribution in [1.82, 2.24) is 0 Å². The van der Waals surface area contributed by atoms with E-state index in [0.717, 1.165) is 12.7 Å². The molecule has 1 heteroatoms. The molecular weight excluding hydrogens is 220 g/mol. The lowest BCUT2D eigenvalue weighted by Crippen LogP contribution is -2.33. The molecule has 0 bridgehead atoms. The molecule has 2 aromatic carbocycles. The molecule has 0 aromatic heterocycles. The molecule has 1 nitrogen and oxygen atoms in total. The van der Waals surface area contributed by atoms with Crippen LogP contribution in [0.25, 0.3) is 0 Å². The molecule has 0 heterocycles. The van der Waals surface area contributed by atoms with Crippen molar-refractivity contribution >= 4 is 6.29 Å². The van der Waals surface area contributed by atoms with Gasteiger partial charge in [-0.05, 0) is 23.5 Å². The Morgan fingerprint density at radius 3 is 1.94 bits per heavy atom. The van der Waals surface area contributed by atoms with Crippen LogP contribution in [0.5, 0.6) is 0 Å². The Morgan fingerprint density at radius 2 is 1.39 bits per heavy atom. The Morgan fingerprint density at radius 1 is 0.833 bits per heavy atom. The Balaban J connectivity index is 1.92. The molecule has 3 atom stereocenters. The van der Waals surface area contributed by atoms with Crippen LogP contribution in [-0.2, 0) is 4.79 Å². The molecule has 18 heavy (non-hydrogen) atoms. The second kappa shape index (κ2) is 4.77. The van der Waals surface area contributed by atoms with Crippen LogP contribution in [0, 0.1) is 5.92 Å². The SMILES string of the molecule is O=C[C@H]1C[C@@H](c2ccccc2)[C@@H]1c1ccccc1. The highest BCUT2D eigenvalue weighted by atomic mass is 16.1. The smallest absolute Gasteiger partial charge is 0.123 e. The van der Waals surface area contributed by atoms with Crippen LogP contribution in [0.1, 0.15) is 29.4 Å². The highest BCUT2D eigenvalue weighted by Crippen LogP contribution is 2.52. The lowest BCUT2D eigenvalue weighted by Gasteiger charge is -2.42. The van der Waals surface area contributed by atoms with Crippen molar-refractivity contribution in [2.24, 2.45) is 5.92 Å². The summed E-state index contributed by atoms with van der Waals surface area (Å²) in [5.41, 5.74) is 2.64. The molecule has 1 fully saturated rings. The average Bonchev–Trinajstić information content (AvgIpc) is 2.41. The topological polar surface area (TPSA) is 17.1 Å². The average molecular weight is 236 g/mol. The summed E-state index contributed by atoms with van der Waals surface area (Å²) in [6, 6.07) is 20.9. The van der Waals surface area contributed by atoms with E-state index in [1.54, 1.807) is 0 Å². The summed E-state index contributed by atoms with van der Waals surface area (Å²) in [5, 5.41) is 0. The van der Waals surface area contributed by atoms with Crippen LogP contribution in [0.4, 0.5) is 0 Å². The van der Waals surface area contributed by atoms with E-state index in [9.17, 15) is 4.79 Å². The van der Waals surface area contributed by atoms with Crippen LogP contribution in [-0.4, -0.2) is 6.29 Å². The molecule has 0 amide bonds. The fourth-order valence-corrected chi connectivity index (χ4v) is 3.03. The molecule has 1 saturated carbocycles. The zero-order valence-electron chi connectivity index (χ0n) is 10.2. The highest BCUT2D eigenvalue weighted by Gasteiger charge is 2.42. The lowest BCUT2D eigenvalue weighted by molar-refractivity contribution is -0.114. The van der Waals surface area contributed by atoms with E-state index >= 15 is 0 Å². The van der Waals surface area contributed by atoms with Crippen LogP contribution >= 0.6 is 0 Å². The van der Waals surface area contributed by atoms with Crippen molar-refractivity contribution in [3.63, 3.8) is 0 Å². The maximum absolute atomic E-state index is 11.1. The van der Waals surface area contributed by atoms with Crippen LogP contribution < -0.4 is 0 Å². The first-order valence-electron chi connectivity index (χ1n) is 6.45. The molecule has 3 rings (SSSR count). The van der Waals surface area contributed by atoms with Gasteiger partial charge >= 0.3 is 0 Å². The van der Waals surface area contributed by atoms with E-state index in [1.807, 2.05) is 12.1 Å². The molecule has 0 aliphatic heterocycles. The van der Waals surface area contributed by atoms with Crippen LogP contribution in [0.2, 0.25) is 0 Å². The molecular formula is C17H16O. The van der Waals surface area contributed by atoms with Gasteiger partial charge in [0.2, 0.25) is 0 Å². The Bertz CT molecular complexity index is 518. The third kappa shape index (κ3) is 1.86. The summed E-state index contributed by atoms with van der Waals surface area (Å²) < 4.78 is 0. The molecule has 0 unspecified atom stereocenters. The molecule has 1 aliphatic carbocycles. The Hall–Kier alpha value is -1.89. The standard InChI is InChI=1S/C17H16O/c18-12-15-11-16(13-7-3-1-4-8-13)17(15)14-9-5-2-6-10-14/h1-10,12,15-17H,11H2/t15-,16+,17-/m1/s1. The zero-order valence-corrected chi connectivity index (χ0v) is 10.2. The minimum Gasteiger partial charge on any atom is -0.303 e. The summed E-state index contributed by atoms with van der Waals surface area (Å²) in [6.07, 6.45) is 2.10. The van der Waals surface area contributed by atoms with E-state index < -0.39 is 0 Å². The monoisotopic (exact) mass is 236 g/mol. The van der Waals surface area contributed by atoms with Crippen molar-refractivity contribution < 1.29 is 4.79 Å². The van der Waals surface area contributed by atoms with E-state index in [2.05, 4.69) is 48.5 Å². The quantitative estimate of drug-likeness (QED) is 0.741. The highest BCUT2D eigenvalue weighted by molar-refractivity contribution is 5.60. The molecule has 0 N–H and O–H groups in total. The number of benzene rings is 2. The number of carbonyl (C=O) groups excluding carboxylic acids is 1. The summed E-state index contributed by atoms with van der Waals surface area (Å²) in [4.78, 5) is 11.1. The van der Waals surface area contributed by atoms with Crippen molar-refractivity contribution in [3.8, 4) is 0 Å². The number of hydrogen-bond donors (Lipinski definition) is 0. The minimum absolute atomic E-state index is 0.178. The zero-order chi connectivity index (χ0) is 12.4. The normalized spacial score (nSPS) is 26.3. The molecule has 0 spiro atoms. The van der Waals surface area contributed by atoms with Gasteiger partial charge in [-0.1, -0.05) is 60.7 Å². The second-order valence-corrected chi connectivity index (χ2v) is 4.99. The summed E-state index contributed by atoms with van der Waals surface area (Å²) in [5.74, 6) is 1.02. The summed E-state index contributed by atoms with van der Waals surface area (Å²) >= 11 is 0. The van der Waals surface area contributed by atoms with Gasteiger partial charge in [-0.15, -0.1) is 0 Å². The third-order valence-corrected chi connectivity index (χ3v) is 4.01. The van der Waals surface area contributed by atoms with Gasteiger partial charge in [-0.3, -0.25) is 0 Å². The predicted octanol–water partition coefficient (Wildman–Crippen LogP) is 3.77. The number of carbonyl (C=O) groups is 1. The maximum atomic E-state index is 11.1. The van der Waals surface area contributed by atoms with E-state index in [4.69, 9.17) is 0 Å². The van der Waals surface area contributed by atoms with Gasteiger partial charge in [0, 0.05) is 11.8 Å². The fourth-order valence-electron chi connectivity index (χ4n) is 3.03. The van der Waals surface area contributed by atoms with Gasteiger partial charge in [0.1, 0.15) is 6.29 Å². The third-order valence-electron chi connectivity index (χ3n) is 4.01. The van der Waals surface area contributed by atoms with Gasteiger partial charge in [-0.2, -0.15) is 0 Å². The number of hydrogen-bond acceptors (Lipinski definition) is 1. The Labute approximate surface area is 107 Å². The molecule has 0 saturated heterocycles. The van der Waals surface area contributed by atoms with Crippen molar-refractivity contribution in [3.05, 3.63) is 71.8 Å². The second-order valence-electron chi connectivity index (χ2n) is 4.99. The van der Waals surface area contributed by atoms with Gasteiger partial charge in [0.15, 0.2) is 0 Å².